The van der Waals surface area contributed by atoms with Crippen molar-refractivity contribution in [2.24, 2.45) is 0 Å². The fraction of sp³-hybridized carbons (Fsp3) is 0.0952. The number of hydrogen-bond donors (Lipinski definition) is 2. The van der Waals surface area contributed by atoms with Crippen LogP contribution in [0.1, 0.15) is 15.9 Å². The average molecular weight is 493 g/mol. The molecule has 0 heterocycles. The number of carbonyl (C=O) groups excluding carboxylic acids is 1. The van der Waals surface area contributed by atoms with E-state index in [-0.39, 0.29) is 12.1 Å². The van der Waals surface area contributed by atoms with Gasteiger partial charge in [-0.05, 0) is 48.5 Å². The van der Waals surface area contributed by atoms with Crippen molar-refractivity contribution in [3.63, 3.8) is 0 Å². The van der Waals surface area contributed by atoms with Crippen molar-refractivity contribution in [1.29, 1.82) is 0 Å². The Balaban J connectivity index is 1.81. The Hall–Kier alpha value is -2.75. The molecular formula is C21H18BrFN2O4S. The lowest BCUT2D eigenvalue weighted by molar-refractivity contribution is 0.102. The van der Waals surface area contributed by atoms with E-state index < -0.39 is 26.6 Å². The Morgan fingerprint density at radius 2 is 1.77 bits per heavy atom. The first-order chi connectivity index (χ1) is 14.3. The Labute approximate surface area is 182 Å². The minimum atomic E-state index is -4.22. The maximum atomic E-state index is 14.3. The van der Waals surface area contributed by atoms with E-state index >= 15 is 0 Å². The van der Waals surface area contributed by atoms with Crippen LogP contribution in [0.25, 0.3) is 0 Å². The van der Waals surface area contributed by atoms with Crippen LogP contribution in [0.15, 0.2) is 76.1 Å². The third-order valence-electron chi connectivity index (χ3n) is 4.23. The SMILES string of the molecule is COc1ccccc1CNS(=O)(=O)c1cc(C(=O)Nc2ccc(Br)cc2)ccc1F. The van der Waals surface area contributed by atoms with Gasteiger partial charge in [-0.3, -0.25) is 4.79 Å². The molecule has 0 unspecified atom stereocenters. The molecular weight excluding hydrogens is 475 g/mol. The molecule has 0 aliphatic rings. The van der Waals surface area contributed by atoms with Gasteiger partial charge in [0.2, 0.25) is 10.0 Å². The molecule has 0 spiro atoms. The molecule has 0 aromatic heterocycles. The second-order valence-corrected chi connectivity index (χ2v) is 8.89. The number of halogens is 2. The van der Waals surface area contributed by atoms with Crippen LogP contribution in [0.3, 0.4) is 0 Å². The van der Waals surface area contributed by atoms with Gasteiger partial charge in [-0.1, -0.05) is 34.1 Å². The van der Waals surface area contributed by atoms with Crippen LogP contribution in [-0.2, 0) is 16.6 Å². The highest BCUT2D eigenvalue weighted by Crippen LogP contribution is 2.21. The number of rotatable bonds is 7. The average Bonchev–Trinajstić information content (AvgIpc) is 2.74. The lowest BCUT2D eigenvalue weighted by Crippen LogP contribution is -2.25. The lowest BCUT2D eigenvalue weighted by atomic mass is 10.2. The first kappa shape index (κ1) is 21.9. The number of ether oxygens (including phenoxy) is 1. The Morgan fingerprint density at radius 3 is 2.47 bits per heavy atom. The maximum absolute atomic E-state index is 14.3. The van der Waals surface area contributed by atoms with Gasteiger partial charge in [0.15, 0.2) is 0 Å². The van der Waals surface area contributed by atoms with Crippen molar-refractivity contribution >= 4 is 37.5 Å². The molecule has 0 saturated heterocycles. The molecule has 0 aliphatic carbocycles. The highest BCUT2D eigenvalue weighted by molar-refractivity contribution is 9.10. The van der Waals surface area contributed by atoms with E-state index in [1.165, 1.54) is 13.2 Å². The van der Waals surface area contributed by atoms with Gasteiger partial charge < -0.3 is 10.1 Å². The summed E-state index contributed by atoms with van der Waals surface area (Å²) in [4.78, 5) is 11.9. The number of sulfonamides is 1. The third-order valence-corrected chi connectivity index (χ3v) is 6.18. The van der Waals surface area contributed by atoms with Crippen molar-refractivity contribution in [2.75, 3.05) is 12.4 Å². The Kier molecular flexibility index (Phi) is 6.86. The van der Waals surface area contributed by atoms with Crippen molar-refractivity contribution in [3.05, 3.63) is 88.1 Å². The number of amides is 1. The van der Waals surface area contributed by atoms with Crippen LogP contribution in [0, 0.1) is 5.82 Å². The summed E-state index contributed by atoms with van der Waals surface area (Å²) in [5.74, 6) is -1.01. The van der Waals surface area contributed by atoms with Gasteiger partial charge in [0.1, 0.15) is 16.5 Å². The minimum Gasteiger partial charge on any atom is -0.496 e. The van der Waals surface area contributed by atoms with E-state index in [9.17, 15) is 17.6 Å². The van der Waals surface area contributed by atoms with Crippen molar-refractivity contribution in [1.82, 2.24) is 4.72 Å². The van der Waals surface area contributed by atoms with Gasteiger partial charge in [-0.25, -0.2) is 17.5 Å². The Bertz CT molecular complexity index is 1170. The number of methoxy groups -OCH3 is 1. The summed E-state index contributed by atoms with van der Waals surface area (Å²) >= 11 is 3.30. The van der Waals surface area contributed by atoms with E-state index in [1.807, 2.05) is 0 Å². The summed E-state index contributed by atoms with van der Waals surface area (Å²) < 4.78 is 48.0. The third kappa shape index (κ3) is 5.24. The van der Waals surface area contributed by atoms with Crippen LogP contribution in [0.4, 0.5) is 10.1 Å². The molecule has 2 N–H and O–H groups in total. The van der Waals surface area contributed by atoms with Crippen LogP contribution in [0.2, 0.25) is 0 Å². The summed E-state index contributed by atoms with van der Waals surface area (Å²) in [5.41, 5.74) is 1.12. The summed E-state index contributed by atoms with van der Waals surface area (Å²) in [6.07, 6.45) is 0. The van der Waals surface area contributed by atoms with E-state index in [0.29, 0.717) is 17.0 Å². The van der Waals surface area contributed by atoms with Gasteiger partial charge >= 0.3 is 0 Å². The summed E-state index contributed by atoms with van der Waals surface area (Å²) in [5, 5.41) is 2.64. The van der Waals surface area contributed by atoms with Gasteiger partial charge in [-0.2, -0.15) is 0 Å². The predicted octanol–water partition coefficient (Wildman–Crippen LogP) is 4.33. The fourth-order valence-electron chi connectivity index (χ4n) is 2.69. The van der Waals surface area contributed by atoms with Crippen LogP contribution in [-0.4, -0.2) is 21.4 Å². The maximum Gasteiger partial charge on any atom is 0.255 e. The predicted molar refractivity (Wildman–Crippen MR) is 116 cm³/mol. The molecule has 3 aromatic carbocycles. The van der Waals surface area contributed by atoms with Crippen molar-refractivity contribution in [3.8, 4) is 5.75 Å². The standard InChI is InChI=1S/C21H18BrFN2O4S/c1-29-19-5-3-2-4-15(19)13-24-30(27,28)20-12-14(6-11-18(20)23)21(26)25-17-9-7-16(22)8-10-17/h2-12,24H,13H2,1H3,(H,25,26). The van der Waals surface area contributed by atoms with Gasteiger partial charge in [0.05, 0.1) is 7.11 Å². The van der Waals surface area contributed by atoms with E-state index in [4.69, 9.17) is 4.74 Å². The van der Waals surface area contributed by atoms with E-state index in [2.05, 4.69) is 26.0 Å². The number of hydrogen-bond acceptors (Lipinski definition) is 4. The van der Waals surface area contributed by atoms with E-state index in [1.54, 1.807) is 48.5 Å². The first-order valence-electron chi connectivity index (χ1n) is 8.78. The van der Waals surface area contributed by atoms with Crippen molar-refractivity contribution < 1.29 is 22.3 Å². The molecule has 0 fully saturated rings. The van der Waals surface area contributed by atoms with Crippen molar-refractivity contribution in [2.45, 2.75) is 11.4 Å². The molecule has 156 valence electrons. The zero-order chi connectivity index (χ0) is 21.7. The number of para-hydroxylation sites is 1. The molecule has 0 radical (unpaired) electrons. The minimum absolute atomic E-state index is 0.0111. The summed E-state index contributed by atoms with van der Waals surface area (Å²) in [6, 6.07) is 16.9. The summed E-state index contributed by atoms with van der Waals surface area (Å²) in [6.45, 7) is -0.0961. The monoisotopic (exact) mass is 492 g/mol. The number of carbonyl (C=O) groups is 1. The highest BCUT2D eigenvalue weighted by Gasteiger charge is 2.21. The molecule has 3 rings (SSSR count). The fourth-order valence-corrected chi connectivity index (χ4v) is 4.06. The normalized spacial score (nSPS) is 11.2. The molecule has 0 atom stereocenters. The Morgan fingerprint density at radius 1 is 1.07 bits per heavy atom. The van der Waals surface area contributed by atoms with Gasteiger partial charge in [0, 0.05) is 27.8 Å². The van der Waals surface area contributed by atoms with Crippen LogP contribution < -0.4 is 14.8 Å². The molecule has 0 aliphatic heterocycles. The largest absolute Gasteiger partial charge is 0.496 e. The molecule has 6 nitrogen and oxygen atoms in total. The zero-order valence-corrected chi connectivity index (χ0v) is 18.3. The molecule has 30 heavy (non-hydrogen) atoms. The topological polar surface area (TPSA) is 84.5 Å². The summed E-state index contributed by atoms with van der Waals surface area (Å²) in [7, 11) is -2.74. The van der Waals surface area contributed by atoms with Crippen LogP contribution >= 0.6 is 15.9 Å². The molecule has 0 bridgehead atoms. The number of nitrogens with one attached hydrogen (secondary N) is 2. The number of benzene rings is 3. The molecule has 3 aromatic rings. The first-order valence-corrected chi connectivity index (χ1v) is 11.1. The highest BCUT2D eigenvalue weighted by atomic mass is 79.9. The molecule has 0 saturated carbocycles. The second kappa shape index (κ2) is 9.38. The quantitative estimate of drug-likeness (QED) is 0.514. The zero-order valence-electron chi connectivity index (χ0n) is 15.9. The van der Waals surface area contributed by atoms with Gasteiger partial charge in [-0.15, -0.1) is 0 Å². The second-order valence-electron chi connectivity index (χ2n) is 6.24. The van der Waals surface area contributed by atoms with E-state index in [0.717, 1.165) is 16.6 Å². The number of anilines is 1. The molecule has 1 amide bonds. The molecule has 9 heteroatoms. The van der Waals surface area contributed by atoms with Crippen LogP contribution in [0.5, 0.6) is 5.75 Å². The smallest absolute Gasteiger partial charge is 0.255 e. The van der Waals surface area contributed by atoms with Gasteiger partial charge in [0.25, 0.3) is 5.91 Å². The lowest BCUT2D eigenvalue weighted by Gasteiger charge is -2.12.